The molecule has 0 aliphatic carbocycles. The van der Waals surface area contributed by atoms with E-state index in [1.807, 2.05) is 43.3 Å². The zero-order chi connectivity index (χ0) is 19.7. The second-order valence-corrected chi connectivity index (χ2v) is 8.96. The number of hydrogen-bond donors (Lipinski definition) is 1. The van der Waals surface area contributed by atoms with Gasteiger partial charge in [0.2, 0.25) is 0 Å². The molecule has 0 atom stereocenters. The first-order valence-corrected chi connectivity index (χ1v) is 9.07. The maximum Gasteiger partial charge on any atom is 0.336 e. The van der Waals surface area contributed by atoms with E-state index in [0.717, 1.165) is 16.7 Å². The third-order valence-electron chi connectivity index (χ3n) is 4.81. The molecule has 0 radical (unpaired) electrons. The van der Waals surface area contributed by atoms with E-state index in [1.54, 1.807) is 0 Å². The van der Waals surface area contributed by atoms with Crippen molar-refractivity contribution >= 4 is 17.1 Å². The number of hydrogen-bond acceptors (Lipinski definition) is 1. The van der Waals surface area contributed by atoms with Crippen molar-refractivity contribution in [3.8, 4) is 0 Å². The van der Waals surface area contributed by atoms with Gasteiger partial charge in [-0.15, -0.1) is 0 Å². The van der Waals surface area contributed by atoms with Crippen LogP contribution < -0.4 is 0 Å². The number of aliphatic carboxylic acids is 1. The summed E-state index contributed by atoms with van der Waals surface area (Å²) < 4.78 is 0. The molecule has 0 amide bonds. The van der Waals surface area contributed by atoms with Crippen LogP contribution in [0.3, 0.4) is 0 Å². The third kappa shape index (κ3) is 4.43. The molecule has 26 heavy (non-hydrogen) atoms. The molecule has 2 heteroatoms. The Labute approximate surface area is 157 Å². The van der Waals surface area contributed by atoms with E-state index in [2.05, 4.69) is 53.7 Å². The molecule has 0 bridgehead atoms. The van der Waals surface area contributed by atoms with E-state index in [9.17, 15) is 9.90 Å². The normalized spacial score (nSPS) is 13.3. The average molecular weight is 351 g/mol. The molecule has 0 aliphatic rings. The van der Waals surface area contributed by atoms with Crippen LogP contribution in [0.5, 0.6) is 0 Å². The lowest BCUT2D eigenvalue weighted by molar-refractivity contribution is -0.130. The number of allylic oxidation sites excluding steroid dienone is 1. The fourth-order valence-electron chi connectivity index (χ4n) is 3.00. The molecule has 0 aromatic heterocycles. The van der Waals surface area contributed by atoms with Crippen molar-refractivity contribution in [1.82, 2.24) is 0 Å². The molecule has 0 fully saturated rings. The lowest BCUT2D eigenvalue weighted by atomic mass is 9.84. The first-order valence-electron chi connectivity index (χ1n) is 9.07. The monoisotopic (exact) mass is 350 g/mol. The number of carbonyl (C=O) groups is 1. The van der Waals surface area contributed by atoms with Crippen LogP contribution in [0.1, 0.15) is 70.7 Å². The maximum atomic E-state index is 12.0. The van der Waals surface area contributed by atoms with Crippen molar-refractivity contribution < 1.29 is 9.90 Å². The van der Waals surface area contributed by atoms with Crippen LogP contribution in [0.25, 0.3) is 11.1 Å². The summed E-state index contributed by atoms with van der Waals surface area (Å²) in [4.78, 5) is 12.0. The highest BCUT2D eigenvalue weighted by molar-refractivity contribution is 6.23. The number of carboxylic acids is 1. The SMILES string of the molecule is C/C(=C(\C(=O)O)c1ccc(C(C)(C)C)cc1)c1ccc(C(C)(C)C)cc1. The molecule has 1 N–H and O–H groups in total. The molecule has 0 saturated carbocycles. The Morgan fingerprint density at radius 2 is 1.04 bits per heavy atom. The minimum atomic E-state index is -0.897. The van der Waals surface area contributed by atoms with Crippen molar-refractivity contribution in [2.75, 3.05) is 0 Å². The minimum absolute atomic E-state index is 0.0451. The minimum Gasteiger partial charge on any atom is -0.478 e. The Bertz CT molecular complexity index is 808. The van der Waals surface area contributed by atoms with Crippen molar-refractivity contribution in [2.24, 2.45) is 0 Å². The topological polar surface area (TPSA) is 37.3 Å². The second-order valence-electron chi connectivity index (χ2n) is 8.96. The maximum absolute atomic E-state index is 12.0. The predicted molar refractivity (Wildman–Crippen MR) is 110 cm³/mol. The Morgan fingerprint density at radius 1 is 0.692 bits per heavy atom. The van der Waals surface area contributed by atoms with Crippen LogP contribution in [-0.2, 0) is 15.6 Å². The highest BCUT2D eigenvalue weighted by Crippen LogP contribution is 2.30. The van der Waals surface area contributed by atoms with Gasteiger partial charge in [-0.2, -0.15) is 0 Å². The van der Waals surface area contributed by atoms with Gasteiger partial charge in [-0.3, -0.25) is 0 Å². The lowest BCUT2D eigenvalue weighted by Gasteiger charge is -2.20. The summed E-state index contributed by atoms with van der Waals surface area (Å²) in [6, 6.07) is 16.1. The summed E-state index contributed by atoms with van der Waals surface area (Å²) in [5, 5.41) is 9.81. The zero-order valence-electron chi connectivity index (χ0n) is 17.0. The van der Waals surface area contributed by atoms with Crippen LogP contribution in [-0.4, -0.2) is 11.1 Å². The summed E-state index contributed by atoms with van der Waals surface area (Å²) in [7, 11) is 0. The van der Waals surface area contributed by atoms with E-state index in [-0.39, 0.29) is 10.8 Å². The molecular weight excluding hydrogens is 320 g/mol. The fourth-order valence-corrected chi connectivity index (χ4v) is 3.00. The molecule has 0 heterocycles. The Balaban J connectivity index is 2.49. The van der Waals surface area contributed by atoms with E-state index >= 15 is 0 Å². The molecule has 138 valence electrons. The molecule has 2 aromatic carbocycles. The first kappa shape index (κ1) is 20.0. The largest absolute Gasteiger partial charge is 0.478 e. The van der Waals surface area contributed by atoms with Crippen LogP contribution >= 0.6 is 0 Å². The van der Waals surface area contributed by atoms with Crippen LogP contribution in [0.15, 0.2) is 48.5 Å². The van der Waals surface area contributed by atoms with Gasteiger partial charge in [-0.1, -0.05) is 90.1 Å². The summed E-state index contributed by atoms with van der Waals surface area (Å²) in [5.74, 6) is -0.897. The lowest BCUT2D eigenvalue weighted by Crippen LogP contribution is -2.11. The standard InChI is InChI=1S/C24H30O2/c1-16(17-8-12-19(13-9-17)23(2,3)4)21(22(25)26)18-10-14-20(15-11-18)24(5,6)7/h8-15H,1-7H3,(H,25,26)/b21-16+. The summed E-state index contributed by atoms with van der Waals surface area (Å²) in [6.07, 6.45) is 0. The van der Waals surface area contributed by atoms with E-state index in [4.69, 9.17) is 0 Å². The Kier molecular flexibility index (Phi) is 5.46. The van der Waals surface area contributed by atoms with Crippen molar-refractivity contribution in [1.29, 1.82) is 0 Å². The van der Waals surface area contributed by atoms with Crippen LogP contribution in [0, 0.1) is 0 Å². The first-order chi connectivity index (χ1) is 11.9. The molecule has 2 aromatic rings. The van der Waals surface area contributed by atoms with Gasteiger partial charge in [0.05, 0.1) is 5.57 Å². The van der Waals surface area contributed by atoms with Crippen molar-refractivity contribution in [3.05, 3.63) is 70.8 Å². The van der Waals surface area contributed by atoms with Crippen molar-refractivity contribution in [2.45, 2.75) is 59.3 Å². The van der Waals surface area contributed by atoms with E-state index < -0.39 is 5.97 Å². The second kappa shape index (κ2) is 7.11. The number of rotatable bonds is 3. The Morgan fingerprint density at radius 3 is 1.35 bits per heavy atom. The van der Waals surface area contributed by atoms with Gasteiger partial charge >= 0.3 is 5.97 Å². The van der Waals surface area contributed by atoms with Gasteiger partial charge in [0.25, 0.3) is 0 Å². The van der Waals surface area contributed by atoms with E-state index in [1.165, 1.54) is 11.1 Å². The zero-order valence-corrected chi connectivity index (χ0v) is 17.0. The average Bonchev–Trinajstić information content (AvgIpc) is 2.53. The van der Waals surface area contributed by atoms with Gasteiger partial charge < -0.3 is 5.11 Å². The predicted octanol–water partition coefficient (Wildman–Crippen LogP) is 6.30. The van der Waals surface area contributed by atoms with Crippen LogP contribution in [0.2, 0.25) is 0 Å². The number of carboxylic acid groups (broad SMARTS) is 1. The molecule has 0 aliphatic heterocycles. The van der Waals surface area contributed by atoms with Gasteiger partial charge in [-0.05, 0) is 45.6 Å². The summed E-state index contributed by atoms with van der Waals surface area (Å²) >= 11 is 0. The van der Waals surface area contributed by atoms with Gasteiger partial charge in [0.1, 0.15) is 0 Å². The molecule has 2 nitrogen and oxygen atoms in total. The van der Waals surface area contributed by atoms with Gasteiger partial charge in [-0.25, -0.2) is 4.79 Å². The highest BCUT2D eigenvalue weighted by atomic mass is 16.4. The fraction of sp³-hybridized carbons (Fsp3) is 0.375. The highest BCUT2D eigenvalue weighted by Gasteiger charge is 2.19. The summed E-state index contributed by atoms with van der Waals surface area (Å²) in [6.45, 7) is 14.8. The quantitative estimate of drug-likeness (QED) is 0.521. The summed E-state index contributed by atoms with van der Waals surface area (Å²) in [5.41, 5.74) is 5.37. The van der Waals surface area contributed by atoms with Gasteiger partial charge in [0, 0.05) is 0 Å². The molecule has 0 spiro atoms. The molecule has 2 rings (SSSR count). The molecule has 0 unspecified atom stereocenters. The molecular formula is C24H30O2. The third-order valence-corrected chi connectivity index (χ3v) is 4.81. The number of benzene rings is 2. The smallest absolute Gasteiger partial charge is 0.336 e. The molecule has 0 saturated heterocycles. The van der Waals surface area contributed by atoms with Crippen molar-refractivity contribution in [3.63, 3.8) is 0 Å². The van der Waals surface area contributed by atoms with E-state index in [0.29, 0.717) is 5.57 Å². The Hall–Kier alpha value is -2.35. The van der Waals surface area contributed by atoms with Gasteiger partial charge in [0.15, 0.2) is 0 Å². The van der Waals surface area contributed by atoms with Crippen LogP contribution in [0.4, 0.5) is 0 Å².